The summed E-state index contributed by atoms with van der Waals surface area (Å²) in [6.45, 7) is 32.8. The molecule has 0 unspecified atom stereocenters. The molecule has 0 spiro atoms. The number of aliphatic imine (C=N–C) groups is 2. The molecule has 0 saturated carbocycles. The van der Waals surface area contributed by atoms with Gasteiger partial charge in [-0.1, -0.05) is 109 Å². The normalized spacial score (nSPS) is 14.2. The molecule has 2 nitrogen and oxygen atoms in total. The maximum Gasteiger partial charge on any atom is 0.0458 e. The molecule has 0 aromatic heterocycles. The van der Waals surface area contributed by atoms with Gasteiger partial charge in [0.2, 0.25) is 0 Å². The quantitative estimate of drug-likeness (QED) is 0.257. The van der Waals surface area contributed by atoms with E-state index in [0.717, 1.165) is 20.9 Å². The van der Waals surface area contributed by atoms with Crippen LogP contribution in [-0.2, 0) is 21.7 Å². The van der Waals surface area contributed by atoms with Crippen LogP contribution in [0.5, 0.6) is 0 Å². The van der Waals surface area contributed by atoms with Crippen LogP contribution in [0.4, 0.5) is 0 Å². The second kappa shape index (κ2) is 11.8. The van der Waals surface area contributed by atoms with Gasteiger partial charge in [0.15, 0.2) is 0 Å². The van der Waals surface area contributed by atoms with Gasteiger partial charge in [-0.2, -0.15) is 0 Å². The van der Waals surface area contributed by atoms with Crippen molar-refractivity contribution in [2.45, 2.75) is 128 Å². The summed E-state index contributed by atoms with van der Waals surface area (Å²) in [6.07, 6.45) is 4.01. The van der Waals surface area contributed by atoms with Gasteiger partial charge in [-0.25, -0.2) is 0 Å². The van der Waals surface area contributed by atoms with E-state index in [0.29, 0.717) is 13.1 Å². The predicted molar refractivity (Wildman–Crippen MR) is 181 cm³/mol. The van der Waals surface area contributed by atoms with Crippen LogP contribution in [0.1, 0.15) is 130 Å². The third-order valence-corrected chi connectivity index (χ3v) is 8.12. The van der Waals surface area contributed by atoms with E-state index in [-0.39, 0.29) is 27.1 Å². The molecule has 0 bridgehead atoms. The third-order valence-electron chi connectivity index (χ3n) is 7.13. The molecule has 0 fully saturated rings. The molecule has 0 heterocycles. The third kappa shape index (κ3) is 9.25. The van der Waals surface area contributed by atoms with Gasteiger partial charge in [0.1, 0.15) is 0 Å². The standard InChI is InChI=1S/C35H54N2S2/c1-31(2,3)25-15-23(29(38)27(17-25)33(7,8)9)19-36-21-35(13,14)22-37-20-24-16-26(32(4,5)6)18-28(30(24)39)34(10,11)12/h15-20,38-39H,21-22H2,1-14H3. The lowest BCUT2D eigenvalue weighted by Gasteiger charge is -2.28. The van der Waals surface area contributed by atoms with Crippen LogP contribution < -0.4 is 0 Å². The highest BCUT2D eigenvalue weighted by atomic mass is 32.1. The topological polar surface area (TPSA) is 24.7 Å². The molecule has 2 aromatic rings. The Balaban J connectivity index is 2.31. The van der Waals surface area contributed by atoms with Crippen molar-refractivity contribution in [1.29, 1.82) is 0 Å². The van der Waals surface area contributed by atoms with Crippen molar-refractivity contribution < 1.29 is 0 Å². The van der Waals surface area contributed by atoms with E-state index in [1.165, 1.54) is 22.3 Å². The van der Waals surface area contributed by atoms with Crippen molar-refractivity contribution in [3.63, 3.8) is 0 Å². The molecule has 0 radical (unpaired) electrons. The Bertz CT molecular complexity index is 1130. The Kier molecular flexibility index (Phi) is 10.2. The van der Waals surface area contributed by atoms with Gasteiger partial charge in [-0.3, -0.25) is 9.98 Å². The minimum atomic E-state index is -0.0798. The van der Waals surface area contributed by atoms with Crippen LogP contribution in [0.15, 0.2) is 44.0 Å². The molecular weight excluding hydrogens is 513 g/mol. The van der Waals surface area contributed by atoms with Crippen LogP contribution in [0.3, 0.4) is 0 Å². The zero-order valence-corrected chi connectivity index (χ0v) is 29.0. The van der Waals surface area contributed by atoms with E-state index in [9.17, 15) is 0 Å². The van der Waals surface area contributed by atoms with Gasteiger partial charge in [-0.15, -0.1) is 25.3 Å². The summed E-state index contributed by atoms with van der Waals surface area (Å²) in [5.74, 6) is 0. The van der Waals surface area contributed by atoms with Crippen LogP contribution in [-0.4, -0.2) is 25.5 Å². The van der Waals surface area contributed by atoms with Crippen molar-refractivity contribution in [1.82, 2.24) is 0 Å². The smallest absolute Gasteiger partial charge is 0.0458 e. The lowest BCUT2D eigenvalue weighted by atomic mass is 9.79. The summed E-state index contributed by atoms with van der Waals surface area (Å²) in [4.78, 5) is 11.8. The lowest BCUT2D eigenvalue weighted by molar-refractivity contribution is 0.396. The Morgan fingerprint density at radius 2 is 0.821 bits per heavy atom. The van der Waals surface area contributed by atoms with Crippen LogP contribution >= 0.6 is 25.3 Å². The Labute approximate surface area is 251 Å². The highest BCUT2D eigenvalue weighted by molar-refractivity contribution is 7.80. The van der Waals surface area contributed by atoms with Crippen LogP contribution in [0, 0.1) is 5.41 Å². The molecule has 0 aliphatic rings. The molecule has 0 saturated heterocycles. The predicted octanol–water partition coefficient (Wildman–Crippen LogP) is 10.0. The summed E-state index contributed by atoms with van der Waals surface area (Å²) in [6, 6.07) is 9.12. The zero-order valence-electron chi connectivity index (χ0n) is 27.2. The van der Waals surface area contributed by atoms with Crippen LogP contribution in [0.25, 0.3) is 0 Å². The maximum atomic E-state index is 4.93. The van der Waals surface area contributed by atoms with E-state index < -0.39 is 0 Å². The van der Waals surface area contributed by atoms with E-state index >= 15 is 0 Å². The molecule has 216 valence electrons. The molecule has 0 aliphatic carbocycles. The fourth-order valence-electron chi connectivity index (χ4n) is 4.35. The van der Waals surface area contributed by atoms with Gasteiger partial charge in [0, 0.05) is 51.9 Å². The van der Waals surface area contributed by atoms with Gasteiger partial charge < -0.3 is 0 Å². The van der Waals surface area contributed by atoms with Crippen molar-refractivity contribution in [2.24, 2.45) is 15.4 Å². The minimum Gasteiger partial charge on any atom is -0.292 e. The Morgan fingerprint density at radius 1 is 0.513 bits per heavy atom. The number of rotatable bonds is 6. The van der Waals surface area contributed by atoms with E-state index in [2.05, 4.69) is 121 Å². The van der Waals surface area contributed by atoms with Gasteiger partial charge >= 0.3 is 0 Å². The minimum absolute atomic E-state index is 0.0118. The Hall–Kier alpha value is -1.52. The molecular formula is C35H54N2S2. The average Bonchev–Trinajstić information content (AvgIpc) is 2.72. The Morgan fingerprint density at radius 3 is 1.08 bits per heavy atom. The summed E-state index contributed by atoms with van der Waals surface area (Å²) >= 11 is 9.87. The monoisotopic (exact) mass is 566 g/mol. The number of hydrogen-bond acceptors (Lipinski definition) is 4. The fraction of sp³-hybridized carbons (Fsp3) is 0.600. The van der Waals surface area contributed by atoms with Gasteiger partial charge in [-0.05, 0) is 56.0 Å². The molecule has 39 heavy (non-hydrogen) atoms. The lowest BCUT2D eigenvalue weighted by Crippen LogP contribution is -2.21. The molecule has 0 amide bonds. The summed E-state index contributed by atoms with van der Waals surface area (Å²) < 4.78 is 0. The molecule has 4 heteroatoms. The first-order chi connectivity index (χ1) is 17.4. The first-order valence-corrected chi connectivity index (χ1v) is 15.1. The number of nitrogens with zero attached hydrogens (tertiary/aromatic N) is 2. The van der Waals surface area contributed by atoms with Crippen molar-refractivity contribution >= 4 is 37.7 Å². The van der Waals surface area contributed by atoms with Crippen molar-refractivity contribution in [3.8, 4) is 0 Å². The van der Waals surface area contributed by atoms with E-state index in [4.69, 9.17) is 35.2 Å². The molecule has 0 atom stereocenters. The SMILES string of the molecule is CC(C)(CN=Cc1cc(C(C)(C)C)cc(C(C)(C)C)c1S)CN=Cc1cc(C(C)(C)C)cc(C(C)(C)C)c1S. The molecule has 0 N–H and O–H groups in total. The highest BCUT2D eigenvalue weighted by Gasteiger charge is 2.25. The van der Waals surface area contributed by atoms with Crippen LogP contribution in [0.2, 0.25) is 0 Å². The van der Waals surface area contributed by atoms with Gasteiger partial charge in [0.05, 0.1) is 0 Å². The van der Waals surface area contributed by atoms with Gasteiger partial charge in [0.25, 0.3) is 0 Å². The molecule has 2 rings (SSSR count). The van der Waals surface area contributed by atoms with E-state index in [1.807, 2.05) is 12.4 Å². The zero-order chi connectivity index (χ0) is 30.2. The van der Waals surface area contributed by atoms with E-state index in [1.54, 1.807) is 0 Å². The number of benzene rings is 2. The molecule has 2 aromatic carbocycles. The second-order valence-electron chi connectivity index (χ2n) is 16.0. The summed E-state index contributed by atoms with van der Waals surface area (Å²) in [7, 11) is 0. The van der Waals surface area contributed by atoms with Crippen molar-refractivity contribution in [3.05, 3.63) is 57.6 Å². The highest BCUT2D eigenvalue weighted by Crippen LogP contribution is 2.36. The summed E-state index contributed by atoms with van der Waals surface area (Å²) in [5, 5.41) is 0. The largest absolute Gasteiger partial charge is 0.292 e. The molecule has 0 aliphatic heterocycles. The summed E-state index contributed by atoms with van der Waals surface area (Å²) in [5.41, 5.74) is 7.38. The number of hydrogen-bond donors (Lipinski definition) is 2. The fourth-order valence-corrected chi connectivity index (χ4v) is 5.40. The average molecular weight is 567 g/mol. The number of thiol groups is 2. The second-order valence-corrected chi connectivity index (χ2v) is 16.9. The van der Waals surface area contributed by atoms with Crippen molar-refractivity contribution in [2.75, 3.05) is 13.1 Å². The maximum absolute atomic E-state index is 4.93. The first kappa shape index (κ1) is 33.7. The first-order valence-electron chi connectivity index (χ1n) is 14.2.